The molecule has 1 aromatic rings. The molecule has 0 aliphatic carbocycles. The molecule has 0 aliphatic heterocycles. The molecule has 0 atom stereocenters. The van der Waals surface area contributed by atoms with Crippen LogP contribution in [0.3, 0.4) is 0 Å². The van der Waals surface area contributed by atoms with Crippen molar-refractivity contribution >= 4 is 0 Å². The molecule has 1 rings (SSSR count). The van der Waals surface area contributed by atoms with Crippen LogP contribution in [0.2, 0.25) is 0 Å². The molecule has 1 aromatic heterocycles. The van der Waals surface area contributed by atoms with Crippen molar-refractivity contribution in [1.29, 1.82) is 0 Å². The highest BCUT2D eigenvalue weighted by Gasteiger charge is 2.01. The lowest BCUT2D eigenvalue weighted by Gasteiger charge is -2.02. The summed E-state index contributed by atoms with van der Waals surface area (Å²) in [5.41, 5.74) is 0. The van der Waals surface area contributed by atoms with Gasteiger partial charge in [0.1, 0.15) is 18.1 Å². The van der Waals surface area contributed by atoms with Gasteiger partial charge >= 0.3 is 0 Å². The third-order valence-electron chi connectivity index (χ3n) is 2.65. The van der Waals surface area contributed by atoms with Crippen molar-refractivity contribution in [3.05, 3.63) is 23.7 Å². The van der Waals surface area contributed by atoms with Crippen molar-refractivity contribution in [2.45, 2.75) is 52.7 Å². The van der Waals surface area contributed by atoms with Gasteiger partial charge in [-0.2, -0.15) is 0 Å². The number of ether oxygens (including phenoxy) is 1. The molecule has 0 saturated carbocycles. The van der Waals surface area contributed by atoms with Crippen LogP contribution in [0.25, 0.3) is 0 Å². The predicted molar refractivity (Wildman–Crippen MR) is 69.9 cm³/mol. The van der Waals surface area contributed by atoms with E-state index >= 15 is 0 Å². The van der Waals surface area contributed by atoms with E-state index in [0.29, 0.717) is 6.61 Å². The van der Waals surface area contributed by atoms with E-state index in [1.807, 2.05) is 12.1 Å². The number of hydrogen-bond acceptors (Lipinski definition) is 3. The lowest BCUT2D eigenvalue weighted by atomic mass is 10.2. The highest BCUT2D eigenvalue weighted by Crippen LogP contribution is 2.09. The van der Waals surface area contributed by atoms with Crippen LogP contribution in [0.15, 0.2) is 16.5 Å². The summed E-state index contributed by atoms with van der Waals surface area (Å²) in [6, 6.07) is 4.01. The van der Waals surface area contributed by atoms with E-state index in [9.17, 15) is 0 Å². The molecule has 0 spiro atoms. The van der Waals surface area contributed by atoms with Gasteiger partial charge in [-0.05, 0) is 25.1 Å². The van der Waals surface area contributed by atoms with Gasteiger partial charge in [0.25, 0.3) is 0 Å². The van der Waals surface area contributed by atoms with Gasteiger partial charge in [0, 0.05) is 6.61 Å². The average Bonchev–Trinajstić information content (AvgIpc) is 2.79. The average molecular weight is 239 g/mol. The van der Waals surface area contributed by atoms with Crippen LogP contribution in [0, 0.1) is 0 Å². The summed E-state index contributed by atoms with van der Waals surface area (Å²) in [6.07, 6.45) is 4.99. The Hall–Kier alpha value is -0.800. The number of unbranched alkanes of at least 4 members (excludes halogenated alkanes) is 3. The van der Waals surface area contributed by atoms with Gasteiger partial charge in [-0.25, -0.2) is 0 Å². The maximum absolute atomic E-state index is 5.63. The summed E-state index contributed by atoms with van der Waals surface area (Å²) in [5.74, 6) is 1.91. The van der Waals surface area contributed by atoms with Crippen LogP contribution in [0.4, 0.5) is 0 Å². The van der Waals surface area contributed by atoms with E-state index in [2.05, 4.69) is 19.2 Å². The maximum Gasteiger partial charge on any atom is 0.129 e. The Morgan fingerprint density at radius 1 is 1.12 bits per heavy atom. The van der Waals surface area contributed by atoms with Gasteiger partial charge in [-0.3, -0.25) is 0 Å². The first-order valence-corrected chi connectivity index (χ1v) is 6.72. The zero-order valence-electron chi connectivity index (χ0n) is 11.1. The first-order chi connectivity index (χ1) is 8.36. The van der Waals surface area contributed by atoms with Gasteiger partial charge in [-0.15, -0.1) is 0 Å². The highest BCUT2D eigenvalue weighted by atomic mass is 16.5. The minimum absolute atomic E-state index is 0.595. The van der Waals surface area contributed by atoms with Crippen molar-refractivity contribution in [1.82, 2.24) is 5.32 Å². The second-order valence-electron chi connectivity index (χ2n) is 4.26. The standard InChI is InChI=1S/C14H25NO2/c1-3-5-6-7-10-16-12-14-9-8-13(17-14)11-15-4-2/h8-9,15H,3-7,10-12H2,1-2H3. The zero-order valence-corrected chi connectivity index (χ0v) is 11.1. The van der Waals surface area contributed by atoms with Crippen molar-refractivity contribution in [2.24, 2.45) is 0 Å². The SMILES string of the molecule is CCCCCCOCc1ccc(CNCC)o1. The molecular weight excluding hydrogens is 214 g/mol. The van der Waals surface area contributed by atoms with Gasteiger partial charge in [-0.1, -0.05) is 33.1 Å². The molecular formula is C14H25NO2. The molecule has 0 unspecified atom stereocenters. The summed E-state index contributed by atoms with van der Waals surface area (Å²) < 4.78 is 11.2. The highest BCUT2D eigenvalue weighted by molar-refractivity contribution is 5.06. The Bertz CT molecular complexity index is 284. The normalized spacial score (nSPS) is 10.9. The second-order valence-corrected chi connectivity index (χ2v) is 4.26. The quantitative estimate of drug-likeness (QED) is 0.635. The molecule has 0 radical (unpaired) electrons. The van der Waals surface area contributed by atoms with Crippen LogP contribution < -0.4 is 5.32 Å². The van der Waals surface area contributed by atoms with Crippen molar-refractivity contribution in [2.75, 3.05) is 13.2 Å². The number of furan rings is 1. The van der Waals surface area contributed by atoms with Crippen molar-refractivity contribution in [3.63, 3.8) is 0 Å². The van der Waals surface area contributed by atoms with Crippen molar-refractivity contribution < 1.29 is 9.15 Å². The van der Waals surface area contributed by atoms with Gasteiger partial charge in [0.15, 0.2) is 0 Å². The summed E-state index contributed by atoms with van der Waals surface area (Å²) in [7, 11) is 0. The Morgan fingerprint density at radius 3 is 2.71 bits per heavy atom. The minimum Gasteiger partial charge on any atom is -0.462 e. The van der Waals surface area contributed by atoms with E-state index < -0.39 is 0 Å². The van der Waals surface area contributed by atoms with Crippen molar-refractivity contribution in [3.8, 4) is 0 Å². The fourth-order valence-electron chi connectivity index (χ4n) is 1.65. The molecule has 0 amide bonds. The molecule has 3 nitrogen and oxygen atoms in total. The predicted octanol–water partition coefficient (Wildman–Crippen LogP) is 3.49. The Balaban J connectivity index is 2.08. The van der Waals surface area contributed by atoms with Gasteiger partial charge in [0.05, 0.1) is 6.54 Å². The molecule has 1 N–H and O–H groups in total. The summed E-state index contributed by atoms with van der Waals surface area (Å²) in [5, 5.41) is 3.23. The van der Waals surface area contributed by atoms with Crippen LogP contribution in [-0.2, 0) is 17.9 Å². The summed E-state index contributed by atoms with van der Waals surface area (Å²) in [4.78, 5) is 0. The fourth-order valence-corrected chi connectivity index (χ4v) is 1.65. The molecule has 0 aromatic carbocycles. The molecule has 1 heterocycles. The zero-order chi connectivity index (χ0) is 12.3. The van der Waals surface area contributed by atoms with E-state index in [0.717, 1.165) is 37.6 Å². The van der Waals surface area contributed by atoms with Crippen LogP contribution in [0.5, 0.6) is 0 Å². The number of nitrogens with one attached hydrogen (secondary N) is 1. The third kappa shape index (κ3) is 6.49. The van der Waals surface area contributed by atoms with Gasteiger partial charge < -0.3 is 14.5 Å². The van der Waals surface area contributed by atoms with Crippen LogP contribution in [0.1, 0.15) is 51.1 Å². The Labute approximate surface area is 105 Å². The summed E-state index contributed by atoms with van der Waals surface area (Å²) >= 11 is 0. The van der Waals surface area contributed by atoms with Crippen LogP contribution >= 0.6 is 0 Å². The Morgan fingerprint density at radius 2 is 1.94 bits per heavy atom. The molecule has 0 bridgehead atoms. The number of rotatable bonds is 10. The van der Waals surface area contributed by atoms with Crippen LogP contribution in [-0.4, -0.2) is 13.2 Å². The molecule has 0 aliphatic rings. The Kier molecular flexibility index (Phi) is 7.76. The largest absolute Gasteiger partial charge is 0.462 e. The monoisotopic (exact) mass is 239 g/mol. The topological polar surface area (TPSA) is 34.4 Å². The molecule has 17 heavy (non-hydrogen) atoms. The van der Waals surface area contributed by atoms with E-state index in [-0.39, 0.29) is 0 Å². The third-order valence-corrected chi connectivity index (χ3v) is 2.65. The lowest BCUT2D eigenvalue weighted by molar-refractivity contribution is 0.101. The summed E-state index contributed by atoms with van der Waals surface area (Å²) in [6.45, 7) is 7.50. The first kappa shape index (κ1) is 14.3. The first-order valence-electron chi connectivity index (χ1n) is 6.72. The van der Waals surface area contributed by atoms with E-state index in [4.69, 9.17) is 9.15 Å². The smallest absolute Gasteiger partial charge is 0.129 e. The van der Waals surface area contributed by atoms with Gasteiger partial charge in [0.2, 0.25) is 0 Å². The molecule has 0 saturated heterocycles. The number of hydrogen-bond donors (Lipinski definition) is 1. The fraction of sp³-hybridized carbons (Fsp3) is 0.714. The second kappa shape index (κ2) is 9.25. The van der Waals surface area contributed by atoms with E-state index in [1.165, 1.54) is 19.3 Å². The van der Waals surface area contributed by atoms with E-state index in [1.54, 1.807) is 0 Å². The molecule has 3 heteroatoms. The lowest BCUT2D eigenvalue weighted by Crippen LogP contribution is -2.10. The molecule has 0 fully saturated rings. The minimum atomic E-state index is 0.595. The maximum atomic E-state index is 5.63. The molecule has 98 valence electrons.